The van der Waals surface area contributed by atoms with Gasteiger partial charge >= 0.3 is 12.4 Å². The summed E-state index contributed by atoms with van der Waals surface area (Å²) in [5.41, 5.74) is -1.53. The second kappa shape index (κ2) is 10.3. The molecule has 12 heteroatoms. The molecule has 2 unspecified atom stereocenters. The van der Waals surface area contributed by atoms with Crippen molar-refractivity contribution in [3.8, 4) is 23.9 Å². The molecule has 192 valence electrons. The second-order valence-electron chi connectivity index (χ2n) is 7.93. The Morgan fingerprint density at radius 2 is 1.37 bits per heavy atom. The first-order chi connectivity index (χ1) is 18.0. The smallest absolute Gasteiger partial charge is 0.416 e. The van der Waals surface area contributed by atoms with Crippen molar-refractivity contribution in [3.05, 3.63) is 95.3 Å². The topological polar surface area (TPSA) is 90.8 Å². The highest BCUT2D eigenvalue weighted by Crippen LogP contribution is 2.38. The standard InChI is InChI=1S/C26H14F6N4O2/c27-25(28,29)15-3-1-5-17(11-15)37-23-19-7-10-22(36-14-34)24(20(19)8-9-21(23)35-13-33)38-18-6-2-4-16(12-18)26(30,31)32/h1-12,19,23H. The third-order valence-electron chi connectivity index (χ3n) is 5.52. The monoisotopic (exact) mass is 528 g/mol. The predicted octanol–water partition coefficient (Wildman–Crippen LogP) is 6.40. The summed E-state index contributed by atoms with van der Waals surface area (Å²) in [5.74, 6) is -1.22. The number of benzene rings is 2. The molecule has 0 saturated heterocycles. The number of aliphatic imine (C=N–C) groups is 2. The average molecular weight is 528 g/mol. The van der Waals surface area contributed by atoms with Crippen molar-refractivity contribution < 1.29 is 35.8 Å². The van der Waals surface area contributed by atoms with Crippen molar-refractivity contribution in [1.29, 1.82) is 10.5 Å². The van der Waals surface area contributed by atoms with Crippen LogP contribution in [0, 0.1) is 28.8 Å². The van der Waals surface area contributed by atoms with Gasteiger partial charge < -0.3 is 9.47 Å². The molecule has 0 N–H and O–H groups in total. The SMILES string of the molecule is N#CN=C1C=CC2C(=C1Oc1cccc(C(F)(F)F)c1)C=CC(=NC#N)C2Oc1cccc(C(F)(F)F)c1. The van der Waals surface area contributed by atoms with E-state index in [1.54, 1.807) is 12.4 Å². The first-order valence-electron chi connectivity index (χ1n) is 10.7. The molecule has 0 aromatic heterocycles. The second-order valence-corrected chi connectivity index (χ2v) is 7.93. The molecule has 0 fully saturated rings. The third kappa shape index (κ3) is 5.60. The van der Waals surface area contributed by atoms with E-state index >= 15 is 0 Å². The largest absolute Gasteiger partial charge is 0.483 e. The lowest BCUT2D eigenvalue weighted by atomic mass is 9.80. The maximum Gasteiger partial charge on any atom is 0.416 e. The van der Waals surface area contributed by atoms with Crippen LogP contribution in [-0.4, -0.2) is 17.5 Å². The summed E-state index contributed by atoms with van der Waals surface area (Å²) in [6.45, 7) is 0. The minimum atomic E-state index is -4.63. The van der Waals surface area contributed by atoms with E-state index in [-0.39, 0.29) is 28.7 Å². The Labute approximate surface area is 211 Å². The Morgan fingerprint density at radius 3 is 1.97 bits per heavy atom. The summed E-state index contributed by atoms with van der Waals surface area (Å²) in [5, 5.41) is 18.2. The fourth-order valence-corrected chi connectivity index (χ4v) is 3.87. The Kier molecular flexibility index (Phi) is 7.08. The lowest BCUT2D eigenvalue weighted by Gasteiger charge is -2.33. The number of alkyl halides is 6. The van der Waals surface area contributed by atoms with Crippen LogP contribution in [0.4, 0.5) is 26.3 Å². The van der Waals surface area contributed by atoms with Crippen molar-refractivity contribution in [2.45, 2.75) is 18.5 Å². The Bertz CT molecular complexity index is 1490. The summed E-state index contributed by atoms with van der Waals surface area (Å²) in [4.78, 5) is 7.38. The van der Waals surface area contributed by atoms with Crippen molar-refractivity contribution in [1.82, 2.24) is 0 Å². The van der Waals surface area contributed by atoms with Gasteiger partial charge in [0.15, 0.2) is 11.9 Å². The molecule has 2 atom stereocenters. The molecule has 2 aliphatic carbocycles. The van der Waals surface area contributed by atoms with Gasteiger partial charge in [-0.3, -0.25) is 0 Å². The molecule has 38 heavy (non-hydrogen) atoms. The van der Waals surface area contributed by atoms with Gasteiger partial charge in [0.25, 0.3) is 0 Å². The zero-order valence-electron chi connectivity index (χ0n) is 19.0. The van der Waals surface area contributed by atoms with E-state index in [2.05, 4.69) is 9.98 Å². The van der Waals surface area contributed by atoms with E-state index in [1.807, 2.05) is 0 Å². The van der Waals surface area contributed by atoms with Crippen LogP contribution in [0.5, 0.6) is 11.5 Å². The summed E-state index contributed by atoms with van der Waals surface area (Å²) in [6, 6.07) is 8.19. The van der Waals surface area contributed by atoms with Crippen LogP contribution in [0.1, 0.15) is 11.1 Å². The van der Waals surface area contributed by atoms with Gasteiger partial charge in [-0.2, -0.15) is 46.9 Å². The fraction of sp³-hybridized carbons (Fsp3) is 0.154. The Hall–Kier alpha value is -4.84. The summed E-state index contributed by atoms with van der Waals surface area (Å²) < 4.78 is 90.9. The minimum absolute atomic E-state index is 0.000646. The van der Waals surface area contributed by atoms with Crippen LogP contribution in [0.15, 0.2) is 94.2 Å². The van der Waals surface area contributed by atoms with E-state index < -0.39 is 35.5 Å². The number of allylic oxidation sites excluding steroid dienone is 2. The van der Waals surface area contributed by atoms with Crippen molar-refractivity contribution >= 4 is 11.4 Å². The molecule has 0 radical (unpaired) electrons. The predicted molar refractivity (Wildman–Crippen MR) is 123 cm³/mol. The van der Waals surface area contributed by atoms with E-state index in [1.165, 1.54) is 36.4 Å². The molecular formula is C26H14F6N4O2. The molecule has 0 aliphatic heterocycles. The van der Waals surface area contributed by atoms with Gasteiger partial charge in [-0.25, -0.2) is 0 Å². The van der Waals surface area contributed by atoms with E-state index in [9.17, 15) is 26.3 Å². The molecule has 0 amide bonds. The number of ether oxygens (including phenoxy) is 2. The summed E-state index contributed by atoms with van der Waals surface area (Å²) in [7, 11) is 0. The number of nitrogens with zero attached hydrogens (tertiary/aromatic N) is 4. The van der Waals surface area contributed by atoms with Crippen LogP contribution in [0.25, 0.3) is 0 Å². The van der Waals surface area contributed by atoms with Crippen LogP contribution in [0.3, 0.4) is 0 Å². The van der Waals surface area contributed by atoms with Crippen molar-refractivity contribution in [2.24, 2.45) is 15.9 Å². The highest BCUT2D eigenvalue weighted by molar-refractivity contribution is 6.11. The molecule has 2 aromatic rings. The molecule has 2 aliphatic rings. The number of hydrogen-bond acceptors (Lipinski definition) is 6. The first kappa shape index (κ1) is 26.2. The zero-order valence-corrected chi connectivity index (χ0v) is 19.0. The first-order valence-corrected chi connectivity index (χ1v) is 10.7. The Morgan fingerprint density at radius 1 is 0.763 bits per heavy atom. The minimum Gasteiger partial charge on any atom is -0.483 e. The highest BCUT2D eigenvalue weighted by Gasteiger charge is 2.38. The maximum atomic E-state index is 13.2. The van der Waals surface area contributed by atoms with Gasteiger partial charge in [-0.15, -0.1) is 0 Å². The van der Waals surface area contributed by atoms with Gasteiger partial charge in [0.2, 0.25) is 12.4 Å². The lowest BCUT2D eigenvalue weighted by molar-refractivity contribution is -0.138. The van der Waals surface area contributed by atoms with E-state index in [0.717, 1.165) is 36.4 Å². The maximum absolute atomic E-state index is 13.2. The zero-order chi connectivity index (χ0) is 27.5. The van der Waals surface area contributed by atoms with Crippen LogP contribution in [-0.2, 0) is 12.4 Å². The van der Waals surface area contributed by atoms with Gasteiger partial charge in [-0.05, 0) is 48.6 Å². The van der Waals surface area contributed by atoms with E-state index in [0.29, 0.717) is 5.57 Å². The van der Waals surface area contributed by atoms with Gasteiger partial charge in [-0.1, -0.05) is 24.3 Å². The van der Waals surface area contributed by atoms with E-state index in [4.69, 9.17) is 20.0 Å². The molecule has 0 spiro atoms. The molecule has 4 rings (SSSR count). The average Bonchev–Trinajstić information content (AvgIpc) is 2.86. The summed E-state index contributed by atoms with van der Waals surface area (Å²) >= 11 is 0. The van der Waals surface area contributed by atoms with Gasteiger partial charge in [0.1, 0.15) is 17.2 Å². The van der Waals surface area contributed by atoms with Crippen molar-refractivity contribution in [3.63, 3.8) is 0 Å². The Balaban J connectivity index is 1.79. The molecule has 0 heterocycles. The molecule has 6 nitrogen and oxygen atoms in total. The highest BCUT2D eigenvalue weighted by atomic mass is 19.4. The molecule has 0 saturated carbocycles. The third-order valence-corrected chi connectivity index (χ3v) is 5.52. The van der Waals surface area contributed by atoms with Crippen LogP contribution < -0.4 is 9.47 Å². The fourth-order valence-electron chi connectivity index (χ4n) is 3.87. The number of nitriles is 2. The molecule has 0 bridgehead atoms. The number of halogens is 6. The molecule has 2 aromatic carbocycles. The van der Waals surface area contributed by atoms with Gasteiger partial charge in [0.05, 0.1) is 16.8 Å². The number of hydrogen-bond donors (Lipinski definition) is 0. The lowest BCUT2D eigenvalue weighted by Crippen LogP contribution is -2.39. The number of rotatable bonds is 4. The van der Waals surface area contributed by atoms with Crippen LogP contribution >= 0.6 is 0 Å². The van der Waals surface area contributed by atoms with Crippen LogP contribution in [0.2, 0.25) is 0 Å². The number of fused-ring (bicyclic) bond motifs is 1. The van der Waals surface area contributed by atoms with Crippen molar-refractivity contribution in [2.75, 3.05) is 0 Å². The normalized spacial score (nSPS) is 21.2. The van der Waals surface area contributed by atoms with Gasteiger partial charge in [0, 0.05) is 11.5 Å². The molecular weight excluding hydrogens is 514 g/mol. The summed E-state index contributed by atoms with van der Waals surface area (Å²) in [6.07, 6.45) is -1.43. The quantitative estimate of drug-likeness (QED) is 0.339.